The van der Waals surface area contributed by atoms with Crippen LogP contribution in [-0.4, -0.2) is 84.2 Å². The summed E-state index contributed by atoms with van der Waals surface area (Å²) < 4.78 is 27.9. The van der Waals surface area contributed by atoms with Gasteiger partial charge in [0.2, 0.25) is 10.0 Å². The number of fused-ring (bicyclic) bond motifs is 1. The number of aliphatic hydroxyl groups is 2. The SMILES string of the molecule is N[C@H]1C(C(=O)CN(CCO)CCO)CCN1S(=O)(=O)c1cccc2cncc(Cl)c12. The van der Waals surface area contributed by atoms with Gasteiger partial charge in [0, 0.05) is 48.7 Å². The second-order valence-electron chi connectivity index (χ2n) is 7.17. The molecular formula is C19H25ClN4O5S. The molecule has 30 heavy (non-hydrogen) atoms. The van der Waals surface area contributed by atoms with Gasteiger partial charge in [-0.3, -0.25) is 14.7 Å². The van der Waals surface area contributed by atoms with Crippen LogP contribution in [-0.2, 0) is 14.8 Å². The van der Waals surface area contributed by atoms with Crippen LogP contribution in [0.3, 0.4) is 0 Å². The molecule has 4 N–H and O–H groups in total. The Morgan fingerprint density at radius 2 is 1.97 bits per heavy atom. The molecule has 3 rings (SSSR count). The summed E-state index contributed by atoms with van der Waals surface area (Å²) in [6.45, 7) is 0.262. The molecule has 2 aromatic rings. The Balaban J connectivity index is 1.85. The summed E-state index contributed by atoms with van der Waals surface area (Å²) in [5, 5.41) is 19.4. The maximum absolute atomic E-state index is 13.4. The third-order valence-corrected chi connectivity index (χ3v) is 7.54. The number of sulfonamides is 1. The molecule has 164 valence electrons. The molecule has 0 bridgehead atoms. The third-order valence-electron chi connectivity index (χ3n) is 5.32. The fourth-order valence-electron chi connectivity index (χ4n) is 3.81. The van der Waals surface area contributed by atoms with Crippen LogP contribution in [0.4, 0.5) is 0 Å². The highest BCUT2D eigenvalue weighted by Crippen LogP contribution is 2.34. The van der Waals surface area contributed by atoms with Gasteiger partial charge < -0.3 is 15.9 Å². The zero-order chi connectivity index (χ0) is 21.9. The van der Waals surface area contributed by atoms with Gasteiger partial charge in [0.05, 0.1) is 35.8 Å². The van der Waals surface area contributed by atoms with Crippen LogP contribution >= 0.6 is 11.6 Å². The molecule has 0 radical (unpaired) electrons. The molecule has 1 fully saturated rings. The average molecular weight is 457 g/mol. The van der Waals surface area contributed by atoms with Gasteiger partial charge in [-0.2, -0.15) is 4.31 Å². The van der Waals surface area contributed by atoms with E-state index in [1.165, 1.54) is 18.5 Å². The molecule has 9 nitrogen and oxygen atoms in total. The number of rotatable bonds is 9. The topological polar surface area (TPSA) is 137 Å². The summed E-state index contributed by atoms with van der Waals surface area (Å²) in [5.74, 6) is -0.894. The first-order chi connectivity index (χ1) is 14.3. The number of aromatic nitrogens is 1. The van der Waals surface area contributed by atoms with E-state index in [9.17, 15) is 13.2 Å². The molecule has 1 aliphatic heterocycles. The van der Waals surface area contributed by atoms with Crippen LogP contribution in [0.5, 0.6) is 0 Å². The van der Waals surface area contributed by atoms with Crippen LogP contribution in [0, 0.1) is 5.92 Å². The highest BCUT2D eigenvalue weighted by molar-refractivity contribution is 7.89. The Kier molecular flexibility index (Phi) is 7.40. The van der Waals surface area contributed by atoms with Crippen LogP contribution in [0.1, 0.15) is 6.42 Å². The lowest BCUT2D eigenvalue weighted by molar-refractivity contribution is -0.124. The van der Waals surface area contributed by atoms with Gasteiger partial charge in [-0.05, 0) is 12.5 Å². The van der Waals surface area contributed by atoms with Gasteiger partial charge in [0.15, 0.2) is 5.78 Å². The van der Waals surface area contributed by atoms with Crippen LogP contribution in [0.15, 0.2) is 35.5 Å². The number of ketones is 1. The normalized spacial score (nSPS) is 20.3. The molecule has 1 aliphatic rings. The molecule has 1 unspecified atom stereocenters. The number of pyridine rings is 1. The summed E-state index contributed by atoms with van der Waals surface area (Å²) in [4.78, 5) is 18.4. The Bertz CT molecular complexity index is 1010. The van der Waals surface area contributed by atoms with Crippen LogP contribution < -0.4 is 5.73 Å². The van der Waals surface area contributed by atoms with E-state index in [1.807, 2.05) is 0 Å². The Morgan fingerprint density at radius 3 is 2.63 bits per heavy atom. The number of hydrogen-bond donors (Lipinski definition) is 3. The summed E-state index contributed by atoms with van der Waals surface area (Å²) >= 11 is 6.23. The third kappa shape index (κ3) is 4.50. The van der Waals surface area contributed by atoms with Crippen molar-refractivity contribution in [2.24, 2.45) is 11.7 Å². The highest BCUT2D eigenvalue weighted by atomic mass is 35.5. The summed E-state index contributed by atoms with van der Waals surface area (Å²) in [6, 6.07) is 4.80. The van der Waals surface area contributed by atoms with E-state index in [4.69, 9.17) is 27.5 Å². The second-order valence-corrected chi connectivity index (χ2v) is 9.43. The number of nitrogens with two attached hydrogens (primary N) is 1. The zero-order valence-electron chi connectivity index (χ0n) is 16.3. The monoisotopic (exact) mass is 456 g/mol. The minimum absolute atomic E-state index is 0.0147. The number of carbonyl (C=O) groups excluding carboxylic acids is 1. The first-order valence-corrected chi connectivity index (χ1v) is 11.4. The van der Waals surface area contributed by atoms with Crippen molar-refractivity contribution in [3.8, 4) is 0 Å². The van der Waals surface area contributed by atoms with E-state index >= 15 is 0 Å². The lowest BCUT2D eigenvalue weighted by Gasteiger charge is -2.26. The standard InChI is InChI=1S/C19H25ClN4O5S/c20-15-11-22-10-13-2-1-3-17(18(13)15)30(28,29)24-5-4-14(19(24)21)16(27)12-23(6-8-25)7-9-26/h1-3,10-11,14,19,25-26H,4-9,12,21H2/t14?,19-/m1/s1. The van der Waals surface area contributed by atoms with E-state index in [2.05, 4.69) is 4.98 Å². The molecular weight excluding hydrogens is 432 g/mol. The maximum Gasteiger partial charge on any atom is 0.245 e. The first-order valence-electron chi connectivity index (χ1n) is 9.57. The van der Waals surface area contributed by atoms with Crippen molar-refractivity contribution in [3.05, 3.63) is 35.6 Å². The Morgan fingerprint density at radius 1 is 1.27 bits per heavy atom. The minimum Gasteiger partial charge on any atom is -0.395 e. The van der Waals surface area contributed by atoms with Gasteiger partial charge in [-0.25, -0.2) is 8.42 Å². The number of Topliss-reactive ketones (excluding diaryl/α,β-unsaturated/α-hetero) is 1. The Labute approximate surface area is 180 Å². The van der Waals surface area contributed by atoms with Crippen molar-refractivity contribution in [2.45, 2.75) is 17.5 Å². The van der Waals surface area contributed by atoms with Crippen molar-refractivity contribution in [2.75, 3.05) is 39.4 Å². The number of carbonyl (C=O) groups is 1. The summed E-state index contributed by atoms with van der Waals surface area (Å²) in [6.07, 6.45) is 2.21. The largest absolute Gasteiger partial charge is 0.395 e. The van der Waals surface area contributed by atoms with E-state index in [-0.39, 0.29) is 55.1 Å². The van der Waals surface area contributed by atoms with Crippen LogP contribution in [0.2, 0.25) is 5.02 Å². The van der Waals surface area contributed by atoms with Crippen LogP contribution in [0.25, 0.3) is 10.8 Å². The number of aliphatic hydroxyl groups excluding tert-OH is 2. The maximum atomic E-state index is 13.4. The van der Waals surface area contributed by atoms with Gasteiger partial charge in [0.25, 0.3) is 0 Å². The summed E-state index contributed by atoms with van der Waals surface area (Å²) in [5.41, 5.74) is 6.22. The summed E-state index contributed by atoms with van der Waals surface area (Å²) in [7, 11) is -4.00. The molecule has 2 heterocycles. The van der Waals surface area contributed by atoms with E-state index < -0.39 is 22.1 Å². The number of hydrogen-bond acceptors (Lipinski definition) is 8. The van der Waals surface area contributed by atoms with Gasteiger partial charge in [0.1, 0.15) is 0 Å². The second kappa shape index (κ2) is 9.65. The predicted octanol–water partition coefficient (Wildman–Crippen LogP) is 0.0393. The fourth-order valence-corrected chi connectivity index (χ4v) is 5.93. The van der Waals surface area contributed by atoms with E-state index in [1.54, 1.807) is 17.0 Å². The van der Waals surface area contributed by atoms with Crippen molar-refractivity contribution in [3.63, 3.8) is 0 Å². The van der Waals surface area contributed by atoms with E-state index in [0.29, 0.717) is 17.2 Å². The fraction of sp³-hybridized carbons (Fsp3) is 0.474. The number of halogens is 1. The zero-order valence-corrected chi connectivity index (χ0v) is 17.9. The van der Waals surface area contributed by atoms with Gasteiger partial charge in [-0.1, -0.05) is 23.7 Å². The quantitative estimate of drug-likeness (QED) is 0.481. The minimum atomic E-state index is -4.00. The lowest BCUT2D eigenvalue weighted by atomic mass is 10.0. The van der Waals surface area contributed by atoms with Crippen molar-refractivity contribution >= 4 is 38.2 Å². The molecule has 1 aromatic carbocycles. The van der Waals surface area contributed by atoms with Crippen molar-refractivity contribution in [1.82, 2.24) is 14.2 Å². The van der Waals surface area contributed by atoms with Gasteiger partial charge in [-0.15, -0.1) is 0 Å². The lowest BCUT2D eigenvalue weighted by Crippen LogP contribution is -2.47. The molecule has 11 heteroatoms. The molecule has 0 spiro atoms. The molecule has 0 aliphatic carbocycles. The first kappa shape index (κ1) is 23.0. The number of benzene rings is 1. The smallest absolute Gasteiger partial charge is 0.245 e. The molecule has 2 atom stereocenters. The number of nitrogens with zero attached hydrogens (tertiary/aromatic N) is 3. The highest BCUT2D eigenvalue weighted by Gasteiger charge is 2.43. The molecule has 0 amide bonds. The Hall–Kier alpha value is -1.66. The van der Waals surface area contributed by atoms with Crippen molar-refractivity contribution < 1.29 is 23.4 Å². The van der Waals surface area contributed by atoms with E-state index in [0.717, 1.165) is 4.31 Å². The van der Waals surface area contributed by atoms with Gasteiger partial charge >= 0.3 is 0 Å². The predicted molar refractivity (Wildman–Crippen MR) is 112 cm³/mol. The average Bonchev–Trinajstić information content (AvgIpc) is 3.10. The van der Waals surface area contributed by atoms with Crippen molar-refractivity contribution in [1.29, 1.82) is 0 Å². The molecule has 1 aromatic heterocycles. The molecule has 0 saturated carbocycles. The molecule has 1 saturated heterocycles.